The van der Waals surface area contributed by atoms with Gasteiger partial charge in [-0.1, -0.05) is 42.8 Å². The molecule has 0 fully saturated rings. The largest absolute Gasteiger partial charge is 0.491 e. The Morgan fingerprint density at radius 2 is 1.90 bits per heavy atom. The molecule has 0 radical (unpaired) electrons. The van der Waals surface area contributed by atoms with Crippen molar-refractivity contribution in [2.45, 2.75) is 26.8 Å². The number of ether oxygens (including phenoxy) is 1. The summed E-state index contributed by atoms with van der Waals surface area (Å²) < 4.78 is 19.8. The normalized spacial score (nSPS) is 12.2. The van der Waals surface area contributed by atoms with Crippen molar-refractivity contribution in [2.24, 2.45) is 0 Å². The molecule has 2 aromatic rings. The van der Waals surface area contributed by atoms with Crippen molar-refractivity contribution in [3.63, 3.8) is 0 Å². The average molecular weight is 287 g/mol. The van der Waals surface area contributed by atoms with Crippen molar-refractivity contribution in [2.75, 3.05) is 13.2 Å². The van der Waals surface area contributed by atoms with Crippen molar-refractivity contribution in [1.29, 1.82) is 0 Å². The van der Waals surface area contributed by atoms with Crippen LogP contribution in [-0.4, -0.2) is 13.2 Å². The van der Waals surface area contributed by atoms with Gasteiger partial charge in [-0.3, -0.25) is 0 Å². The third-order valence-electron chi connectivity index (χ3n) is 3.47. The summed E-state index contributed by atoms with van der Waals surface area (Å²) in [6.45, 7) is 7.24. The summed E-state index contributed by atoms with van der Waals surface area (Å²) in [7, 11) is 0. The Bertz CT molecular complexity index is 598. The van der Waals surface area contributed by atoms with Crippen LogP contribution in [0.2, 0.25) is 0 Å². The molecule has 2 aromatic carbocycles. The quantitative estimate of drug-likeness (QED) is 0.861. The first-order valence-corrected chi connectivity index (χ1v) is 7.29. The number of nitrogens with one attached hydrogen (secondary N) is 1. The van der Waals surface area contributed by atoms with E-state index in [0.717, 1.165) is 17.9 Å². The van der Waals surface area contributed by atoms with Gasteiger partial charge in [0.1, 0.15) is 18.2 Å². The molecule has 1 N–H and O–H groups in total. The molecule has 1 atom stereocenters. The molecule has 0 aliphatic carbocycles. The molecule has 0 saturated carbocycles. The number of rotatable bonds is 6. The van der Waals surface area contributed by atoms with E-state index in [-0.39, 0.29) is 11.9 Å². The maximum absolute atomic E-state index is 13.9. The highest BCUT2D eigenvalue weighted by atomic mass is 19.1. The predicted molar refractivity (Wildman–Crippen MR) is 84.2 cm³/mol. The van der Waals surface area contributed by atoms with Crippen LogP contribution in [0.15, 0.2) is 42.5 Å². The minimum absolute atomic E-state index is 0.156. The second-order valence-corrected chi connectivity index (χ2v) is 5.21. The Kier molecular flexibility index (Phi) is 5.34. The lowest BCUT2D eigenvalue weighted by Crippen LogP contribution is -2.27. The van der Waals surface area contributed by atoms with Crippen LogP contribution < -0.4 is 10.1 Å². The highest BCUT2D eigenvalue weighted by Crippen LogP contribution is 2.22. The Labute approximate surface area is 126 Å². The zero-order valence-electron chi connectivity index (χ0n) is 12.8. The molecule has 0 amide bonds. The molecule has 0 saturated heterocycles. The van der Waals surface area contributed by atoms with Gasteiger partial charge >= 0.3 is 0 Å². The highest BCUT2D eigenvalue weighted by Gasteiger charge is 2.15. The van der Waals surface area contributed by atoms with Gasteiger partial charge in [0.2, 0.25) is 0 Å². The number of benzene rings is 2. The van der Waals surface area contributed by atoms with Gasteiger partial charge in [0.25, 0.3) is 0 Å². The molecule has 0 bridgehead atoms. The number of hydrogen-bond donors (Lipinski definition) is 1. The topological polar surface area (TPSA) is 21.3 Å². The lowest BCUT2D eigenvalue weighted by Gasteiger charge is -2.20. The van der Waals surface area contributed by atoms with Crippen LogP contribution in [0.4, 0.5) is 4.39 Å². The SMILES string of the molecule is CCNC(COc1ccc(C)cc1C)c1ccccc1F. The zero-order chi connectivity index (χ0) is 15.2. The second kappa shape index (κ2) is 7.23. The van der Waals surface area contributed by atoms with Crippen LogP contribution in [0, 0.1) is 19.7 Å². The molecule has 0 aliphatic heterocycles. The van der Waals surface area contributed by atoms with E-state index in [0.29, 0.717) is 12.2 Å². The van der Waals surface area contributed by atoms with Gasteiger partial charge < -0.3 is 10.1 Å². The molecule has 2 nitrogen and oxygen atoms in total. The van der Waals surface area contributed by atoms with Crippen LogP contribution >= 0.6 is 0 Å². The maximum Gasteiger partial charge on any atom is 0.128 e. The minimum atomic E-state index is -0.201. The minimum Gasteiger partial charge on any atom is -0.491 e. The lowest BCUT2D eigenvalue weighted by molar-refractivity contribution is 0.263. The van der Waals surface area contributed by atoms with E-state index in [4.69, 9.17) is 4.74 Å². The van der Waals surface area contributed by atoms with Crippen LogP contribution in [0.1, 0.15) is 29.7 Å². The van der Waals surface area contributed by atoms with Gasteiger partial charge in [-0.15, -0.1) is 0 Å². The van der Waals surface area contributed by atoms with Gasteiger partial charge in [-0.05, 0) is 38.1 Å². The van der Waals surface area contributed by atoms with E-state index < -0.39 is 0 Å². The van der Waals surface area contributed by atoms with Crippen LogP contribution in [-0.2, 0) is 0 Å². The van der Waals surface area contributed by atoms with Crippen molar-refractivity contribution in [3.8, 4) is 5.75 Å². The third-order valence-corrected chi connectivity index (χ3v) is 3.47. The van der Waals surface area contributed by atoms with Gasteiger partial charge in [-0.25, -0.2) is 4.39 Å². The van der Waals surface area contributed by atoms with Crippen molar-refractivity contribution in [3.05, 3.63) is 65.0 Å². The molecule has 2 rings (SSSR count). The van der Waals surface area contributed by atoms with Crippen molar-refractivity contribution in [1.82, 2.24) is 5.32 Å². The average Bonchev–Trinajstić information content (AvgIpc) is 2.46. The highest BCUT2D eigenvalue weighted by molar-refractivity contribution is 5.35. The number of halogens is 1. The van der Waals surface area contributed by atoms with E-state index in [1.807, 2.05) is 32.0 Å². The first-order valence-electron chi connectivity index (χ1n) is 7.29. The number of hydrogen-bond acceptors (Lipinski definition) is 2. The Hall–Kier alpha value is -1.87. The first kappa shape index (κ1) is 15.5. The fraction of sp³-hybridized carbons (Fsp3) is 0.333. The molecule has 0 aromatic heterocycles. The number of aryl methyl sites for hydroxylation is 2. The van der Waals surface area contributed by atoms with Crippen molar-refractivity contribution < 1.29 is 9.13 Å². The van der Waals surface area contributed by atoms with Gasteiger partial charge in [0.05, 0.1) is 6.04 Å². The monoisotopic (exact) mass is 287 g/mol. The summed E-state index contributed by atoms with van der Waals surface area (Å²) in [5.74, 6) is 0.646. The first-order chi connectivity index (χ1) is 10.1. The maximum atomic E-state index is 13.9. The fourth-order valence-corrected chi connectivity index (χ4v) is 2.40. The summed E-state index contributed by atoms with van der Waals surface area (Å²) in [6, 6.07) is 12.7. The predicted octanol–water partition coefficient (Wildman–Crippen LogP) is 4.17. The summed E-state index contributed by atoms with van der Waals surface area (Å²) in [5.41, 5.74) is 2.94. The van der Waals surface area contributed by atoms with Gasteiger partial charge in [-0.2, -0.15) is 0 Å². The summed E-state index contributed by atoms with van der Waals surface area (Å²) in [5, 5.41) is 3.28. The van der Waals surface area contributed by atoms with E-state index in [1.54, 1.807) is 12.1 Å². The van der Waals surface area contributed by atoms with Gasteiger partial charge in [0.15, 0.2) is 0 Å². The molecule has 1 unspecified atom stereocenters. The Balaban J connectivity index is 2.12. The molecule has 0 aliphatic rings. The molecular formula is C18H22FNO. The smallest absolute Gasteiger partial charge is 0.128 e. The molecule has 21 heavy (non-hydrogen) atoms. The summed E-state index contributed by atoms with van der Waals surface area (Å²) in [6.07, 6.45) is 0. The second-order valence-electron chi connectivity index (χ2n) is 5.21. The summed E-state index contributed by atoms with van der Waals surface area (Å²) >= 11 is 0. The Morgan fingerprint density at radius 3 is 2.57 bits per heavy atom. The standard InChI is InChI=1S/C18H22FNO/c1-4-20-17(15-7-5-6-8-16(15)19)12-21-18-10-9-13(2)11-14(18)3/h5-11,17,20H,4,12H2,1-3H3. The van der Waals surface area contributed by atoms with E-state index >= 15 is 0 Å². The molecule has 0 spiro atoms. The molecular weight excluding hydrogens is 265 g/mol. The molecule has 3 heteroatoms. The molecule has 112 valence electrons. The number of likely N-dealkylation sites (N-methyl/N-ethyl adjacent to an activating group) is 1. The van der Waals surface area contributed by atoms with Crippen molar-refractivity contribution >= 4 is 0 Å². The van der Waals surface area contributed by atoms with Crippen LogP contribution in [0.25, 0.3) is 0 Å². The van der Waals surface area contributed by atoms with Crippen LogP contribution in [0.3, 0.4) is 0 Å². The van der Waals surface area contributed by atoms with Crippen LogP contribution in [0.5, 0.6) is 5.75 Å². The Morgan fingerprint density at radius 1 is 1.14 bits per heavy atom. The molecule has 0 heterocycles. The third kappa shape index (κ3) is 4.05. The van der Waals surface area contributed by atoms with E-state index in [9.17, 15) is 4.39 Å². The zero-order valence-corrected chi connectivity index (χ0v) is 12.8. The van der Waals surface area contributed by atoms with E-state index in [2.05, 4.69) is 18.3 Å². The van der Waals surface area contributed by atoms with E-state index in [1.165, 1.54) is 11.6 Å². The summed E-state index contributed by atoms with van der Waals surface area (Å²) in [4.78, 5) is 0. The lowest BCUT2D eigenvalue weighted by atomic mass is 10.1. The van der Waals surface area contributed by atoms with Gasteiger partial charge in [0, 0.05) is 5.56 Å². The fourth-order valence-electron chi connectivity index (χ4n) is 2.40.